The predicted octanol–water partition coefficient (Wildman–Crippen LogP) is 1.54. The molecule has 0 spiro atoms. The van der Waals surface area contributed by atoms with Gasteiger partial charge in [-0.3, -0.25) is 0 Å². The topological polar surface area (TPSA) is 16.1 Å². The number of aromatic nitrogens is 1. The van der Waals surface area contributed by atoms with Crippen molar-refractivity contribution in [2.75, 3.05) is 18.0 Å². The molecule has 1 aromatic heterocycles. The van der Waals surface area contributed by atoms with Gasteiger partial charge in [0.2, 0.25) is 0 Å². The minimum Gasteiger partial charge on any atom is -0.348 e. The fraction of sp³-hybridized carbons (Fsp3) is 0.571. The van der Waals surface area contributed by atoms with Gasteiger partial charge in [-0.25, -0.2) is 4.98 Å². The van der Waals surface area contributed by atoms with Crippen molar-refractivity contribution < 1.29 is 0 Å². The van der Waals surface area contributed by atoms with Gasteiger partial charge in [0.25, 0.3) is 0 Å². The van der Waals surface area contributed by atoms with E-state index in [-0.39, 0.29) is 0 Å². The fourth-order valence-electron chi connectivity index (χ4n) is 1.24. The zero-order valence-electron chi connectivity index (χ0n) is 5.71. The molecule has 1 fully saturated rings. The Kier molecular flexibility index (Phi) is 1.59. The van der Waals surface area contributed by atoms with Crippen LogP contribution < -0.4 is 4.90 Å². The lowest BCUT2D eigenvalue weighted by Gasteiger charge is -2.11. The van der Waals surface area contributed by atoms with Gasteiger partial charge in [0.1, 0.15) is 6.20 Å². The predicted molar refractivity (Wildman–Crippen MR) is 42.4 cm³/mol. The van der Waals surface area contributed by atoms with Crippen molar-refractivity contribution in [3.05, 3.63) is 11.6 Å². The average Bonchev–Trinajstić information content (AvgIpc) is 2.59. The molecule has 0 saturated carbocycles. The van der Waals surface area contributed by atoms with Crippen molar-refractivity contribution in [2.45, 2.75) is 12.8 Å². The van der Waals surface area contributed by atoms with Crippen molar-refractivity contribution in [3.63, 3.8) is 0 Å². The third kappa shape index (κ3) is 1.01. The van der Waals surface area contributed by atoms with Gasteiger partial charge >= 0.3 is 0 Å². The van der Waals surface area contributed by atoms with Crippen molar-refractivity contribution in [3.8, 4) is 0 Å². The van der Waals surface area contributed by atoms with E-state index in [1.807, 2.05) is 5.38 Å². The van der Waals surface area contributed by atoms with Gasteiger partial charge in [-0.05, 0) is 12.8 Å². The van der Waals surface area contributed by atoms with Crippen molar-refractivity contribution in [1.29, 1.82) is 0 Å². The van der Waals surface area contributed by atoms with E-state index in [9.17, 15) is 0 Å². The highest BCUT2D eigenvalue weighted by Gasteiger charge is 2.13. The van der Waals surface area contributed by atoms with E-state index in [1.165, 1.54) is 25.9 Å². The molecule has 0 aromatic carbocycles. The molecule has 53 valence electrons. The molecule has 1 radical (unpaired) electrons. The normalized spacial score (nSPS) is 18.2. The van der Waals surface area contributed by atoms with Crippen molar-refractivity contribution in [1.82, 2.24) is 4.98 Å². The first-order chi connectivity index (χ1) is 4.97. The summed E-state index contributed by atoms with van der Waals surface area (Å²) in [4.78, 5) is 6.44. The zero-order valence-corrected chi connectivity index (χ0v) is 6.52. The number of rotatable bonds is 1. The Bertz CT molecular complexity index is 189. The number of nitrogens with zero attached hydrogens (tertiary/aromatic N) is 2. The lowest BCUT2D eigenvalue weighted by atomic mass is 10.4. The van der Waals surface area contributed by atoms with Crippen LogP contribution in [0.3, 0.4) is 0 Å². The van der Waals surface area contributed by atoms with Crippen molar-refractivity contribution in [2.24, 2.45) is 0 Å². The second-order valence-corrected chi connectivity index (χ2v) is 3.29. The van der Waals surface area contributed by atoms with Crippen LogP contribution in [0.4, 0.5) is 5.13 Å². The molecule has 0 atom stereocenters. The van der Waals surface area contributed by atoms with Crippen molar-refractivity contribution >= 4 is 16.5 Å². The molecule has 2 rings (SSSR count). The lowest BCUT2D eigenvalue weighted by molar-refractivity contribution is 0.949. The van der Waals surface area contributed by atoms with Crippen LogP contribution in [0.15, 0.2) is 5.38 Å². The third-order valence-corrected chi connectivity index (χ3v) is 2.54. The molecule has 2 nitrogen and oxygen atoms in total. The van der Waals surface area contributed by atoms with Gasteiger partial charge in [0.15, 0.2) is 5.13 Å². The quantitative estimate of drug-likeness (QED) is 0.608. The first-order valence-corrected chi connectivity index (χ1v) is 4.41. The second kappa shape index (κ2) is 2.58. The highest BCUT2D eigenvalue weighted by molar-refractivity contribution is 7.13. The maximum absolute atomic E-state index is 4.12. The fourth-order valence-corrected chi connectivity index (χ4v) is 1.89. The maximum Gasteiger partial charge on any atom is 0.185 e. The molecule has 10 heavy (non-hydrogen) atoms. The van der Waals surface area contributed by atoms with Crippen LogP contribution in [0.5, 0.6) is 0 Å². The van der Waals surface area contributed by atoms with Gasteiger partial charge in [0.05, 0.1) is 0 Å². The first kappa shape index (κ1) is 6.16. The number of hydrogen-bond acceptors (Lipinski definition) is 3. The molecule has 0 bridgehead atoms. The number of hydrogen-bond donors (Lipinski definition) is 0. The Morgan fingerprint density at radius 1 is 1.50 bits per heavy atom. The highest BCUT2D eigenvalue weighted by atomic mass is 32.1. The van der Waals surface area contributed by atoms with E-state index in [2.05, 4.69) is 16.1 Å². The summed E-state index contributed by atoms with van der Waals surface area (Å²) in [5.74, 6) is 0. The van der Waals surface area contributed by atoms with E-state index in [0.29, 0.717) is 0 Å². The summed E-state index contributed by atoms with van der Waals surface area (Å²) in [6.07, 6.45) is 5.47. The molecule has 0 unspecified atom stereocenters. The van der Waals surface area contributed by atoms with E-state index < -0.39 is 0 Å². The summed E-state index contributed by atoms with van der Waals surface area (Å²) in [6, 6.07) is 0. The molecular weight excluding hydrogens is 144 g/mol. The van der Waals surface area contributed by atoms with Gasteiger partial charge < -0.3 is 4.90 Å². The van der Waals surface area contributed by atoms with Crippen LogP contribution in [0.1, 0.15) is 12.8 Å². The Morgan fingerprint density at radius 3 is 2.90 bits per heavy atom. The molecular formula is C7H9N2S. The van der Waals surface area contributed by atoms with Gasteiger partial charge in [-0.15, -0.1) is 11.3 Å². The smallest absolute Gasteiger partial charge is 0.185 e. The molecule has 3 heteroatoms. The van der Waals surface area contributed by atoms with E-state index in [0.717, 1.165) is 5.13 Å². The van der Waals surface area contributed by atoms with Crippen LogP contribution in [0.25, 0.3) is 0 Å². The molecule has 0 N–H and O–H groups in total. The first-order valence-electron chi connectivity index (χ1n) is 3.53. The Morgan fingerprint density at radius 2 is 2.30 bits per heavy atom. The number of anilines is 1. The van der Waals surface area contributed by atoms with Crippen LogP contribution >= 0.6 is 11.3 Å². The summed E-state index contributed by atoms with van der Waals surface area (Å²) >= 11 is 1.68. The third-order valence-electron chi connectivity index (χ3n) is 1.75. The van der Waals surface area contributed by atoms with Gasteiger partial charge in [0, 0.05) is 18.5 Å². The Balaban J connectivity index is 2.12. The van der Waals surface area contributed by atoms with Crippen LogP contribution in [0.2, 0.25) is 0 Å². The maximum atomic E-state index is 4.12. The summed E-state index contributed by atoms with van der Waals surface area (Å²) in [5, 5.41) is 3.05. The zero-order chi connectivity index (χ0) is 6.81. The van der Waals surface area contributed by atoms with Crippen LogP contribution in [0, 0.1) is 6.20 Å². The summed E-state index contributed by atoms with van der Waals surface area (Å²) in [5.41, 5.74) is 0. The minimum atomic E-state index is 1.14. The molecule has 1 aliphatic heterocycles. The molecule has 1 saturated heterocycles. The molecule has 2 heterocycles. The molecule has 0 amide bonds. The standard InChI is InChI=1S/C7H9N2S/c1-2-5-9(4-1)7-8-3-6-10-7/h6H,1-2,4-5H2. The summed E-state index contributed by atoms with van der Waals surface area (Å²) in [6.45, 7) is 2.36. The van der Waals surface area contributed by atoms with E-state index in [4.69, 9.17) is 0 Å². The van der Waals surface area contributed by atoms with Crippen LogP contribution in [-0.2, 0) is 0 Å². The van der Waals surface area contributed by atoms with Gasteiger partial charge in [-0.2, -0.15) is 0 Å². The van der Waals surface area contributed by atoms with E-state index in [1.54, 1.807) is 11.3 Å². The van der Waals surface area contributed by atoms with Gasteiger partial charge in [-0.1, -0.05) is 0 Å². The monoisotopic (exact) mass is 153 g/mol. The van der Waals surface area contributed by atoms with Crippen LogP contribution in [-0.4, -0.2) is 18.1 Å². The second-order valence-electron chi connectivity index (χ2n) is 2.45. The highest BCUT2D eigenvalue weighted by Crippen LogP contribution is 2.21. The molecule has 0 aliphatic carbocycles. The van der Waals surface area contributed by atoms with E-state index >= 15 is 0 Å². The summed E-state index contributed by atoms with van der Waals surface area (Å²) < 4.78 is 0. The Hall–Kier alpha value is -0.570. The summed E-state index contributed by atoms with van der Waals surface area (Å²) in [7, 11) is 0. The largest absolute Gasteiger partial charge is 0.348 e. The molecule has 1 aliphatic rings. The SMILES string of the molecule is [c]1csc(N2CCCC2)n1. The Labute approximate surface area is 64.5 Å². The minimum absolute atomic E-state index is 1.14. The molecule has 1 aromatic rings. The number of thiazole rings is 1. The lowest BCUT2D eigenvalue weighted by Crippen LogP contribution is -2.16. The average molecular weight is 153 g/mol.